The Morgan fingerprint density at radius 2 is 1.49 bits per heavy atom. The number of nitrogens with zero attached hydrogens (tertiary/aromatic N) is 2. The van der Waals surface area contributed by atoms with Crippen molar-refractivity contribution in [1.82, 2.24) is 10.2 Å². The molecule has 0 radical (unpaired) electrons. The molecule has 0 amide bonds. The van der Waals surface area contributed by atoms with Gasteiger partial charge in [-0.15, -0.1) is 5.10 Å². The Morgan fingerprint density at radius 1 is 0.780 bits per heavy atom. The number of hydrogen-bond acceptors (Lipinski definition) is 8. The summed E-state index contributed by atoms with van der Waals surface area (Å²) in [5, 5.41) is 14.3. The van der Waals surface area contributed by atoms with Gasteiger partial charge in [0.2, 0.25) is 0 Å². The van der Waals surface area contributed by atoms with Crippen LogP contribution in [-0.4, -0.2) is 49.8 Å². The molecule has 4 aromatic rings. The number of fused-ring (bicyclic) bond motifs is 1. The van der Waals surface area contributed by atoms with Crippen LogP contribution in [0.2, 0.25) is 0 Å². The second-order valence-corrected chi connectivity index (χ2v) is 11.4. The monoisotopic (exact) mass is 555 g/mol. The predicted octanol–water partition coefficient (Wildman–Crippen LogP) is 5.85. The minimum absolute atomic E-state index is 0.428. The number of aromatic nitrogens is 2. The van der Waals surface area contributed by atoms with Crippen molar-refractivity contribution in [3.63, 3.8) is 0 Å². The van der Waals surface area contributed by atoms with Crippen LogP contribution >= 0.6 is 0 Å². The Bertz CT molecular complexity index is 1590. The van der Waals surface area contributed by atoms with E-state index in [0.29, 0.717) is 12.4 Å². The zero-order valence-electron chi connectivity index (χ0n) is 25.3. The van der Waals surface area contributed by atoms with Gasteiger partial charge >= 0.3 is 7.12 Å². The number of benzene rings is 3. The van der Waals surface area contributed by atoms with Crippen molar-refractivity contribution in [1.29, 1.82) is 0 Å². The highest BCUT2D eigenvalue weighted by molar-refractivity contribution is 6.62. The first-order valence-electron chi connectivity index (χ1n) is 13.7. The summed E-state index contributed by atoms with van der Waals surface area (Å²) in [5.41, 5.74) is 4.97. The minimum Gasteiger partial charge on any atom is -0.497 e. The standard InChI is InChI=1S/C32H38BN3O5/c1-19-14-29(39-9)26(17-27(19)33-40-31(3,4)32(5,6)41-33)21-11-13-24-25(15-21)20(2)35-36-30(24)34-18-22-10-12-23(37-7)16-28(22)38-8/h10-17H,18H2,1-9H3,(H,34,36). The molecule has 1 aliphatic heterocycles. The van der Waals surface area contributed by atoms with Crippen molar-refractivity contribution in [3.05, 3.63) is 65.4 Å². The van der Waals surface area contributed by atoms with Gasteiger partial charge in [-0.25, -0.2) is 0 Å². The lowest BCUT2D eigenvalue weighted by atomic mass is 9.74. The molecule has 1 aromatic heterocycles. The van der Waals surface area contributed by atoms with Gasteiger partial charge in [-0.2, -0.15) is 5.10 Å². The molecule has 0 aliphatic carbocycles. The Balaban J connectivity index is 1.51. The van der Waals surface area contributed by atoms with Crippen LogP contribution in [-0.2, 0) is 15.9 Å². The molecule has 0 saturated carbocycles. The topological polar surface area (TPSA) is 84.0 Å². The second kappa shape index (κ2) is 10.9. The molecule has 5 rings (SSSR count). The van der Waals surface area contributed by atoms with Crippen LogP contribution in [0.25, 0.3) is 21.9 Å². The highest BCUT2D eigenvalue weighted by Crippen LogP contribution is 2.39. The predicted molar refractivity (Wildman–Crippen MR) is 164 cm³/mol. The van der Waals surface area contributed by atoms with Gasteiger partial charge in [0, 0.05) is 34.5 Å². The van der Waals surface area contributed by atoms with Crippen LogP contribution in [0.3, 0.4) is 0 Å². The number of rotatable bonds is 8. The summed E-state index contributed by atoms with van der Waals surface area (Å²) in [7, 11) is 4.52. The average Bonchev–Trinajstić information content (AvgIpc) is 3.18. The number of aryl methyl sites for hydroxylation is 2. The van der Waals surface area contributed by atoms with Crippen LogP contribution in [0, 0.1) is 13.8 Å². The van der Waals surface area contributed by atoms with E-state index >= 15 is 0 Å². The van der Waals surface area contributed by atoms with Crippen molar-refractivity contribution in [2.75, 3.05) is 26.6 Å². The number of methoxy groups -OCH3 is 3. The Hall–Kier alpha value is -3.82. The highest BCUT2D eigenvalue weighted by Gasteiger charge is 2.52. The van der Waals surface area contributed by atoms with Gasteiger partial charge in [0.1, 0.15) is 17.2 Å². The Morgan fingerprint density at radius 3 is 2.15 bits per heavy atom. The van der Waals surface area contributed by atoms with E-state index in [1.165, 1.54) is 0 Å². The molecule has 3 aromatic carbocycles. The second-order valence-electron chi connectivity index (χ2n) is 11.4. The van der Waals surface area contributed by atoms with E-state index in [1.807, 2.05) is 31.2 Å². The molecule has 9 heteroatoms. The van der Waals surface area contributed by atoms with Crippen LogP contribution < -0.4 is 25.0 Å². The van der Waals surface area contributed by atoms with Gasteiger partial charge in [-0.05, 0) is 88.5 Å². The summed E-state index contributed by atoms with van der Waals surface area (Å²) in [4.78, 5) is 0. The van der Waals surface area contributed by atoms with E-state index in [0.717, 1.165) is 61.4 Å². The smallest absolute Gasteiger partial charge is 0.495 e. The number of hydrogen-bond donors (Lipinski definition) is 1. The summed E-state index contributed by atoms with van der Waals surface area (Å²) in [5.74, 6) is 2.97. The van der Waals surface area contributed by atoms with Crippen molar-refractivity contribution in [3.8, 4) is 28.4 Å². The van der Waals surface area contributed by atoms with E-state index in [2.05, 4.69) is 74.4 Å². The lowest BCUT2D eigenvalue weighted by molar-refractivity contribution is 0.00578. The molecule has 0 spiro atoms. The molecule has 2 heterocycles. The fourth-order valence-electron chi connectivity index (χ4n) is 5.07. The van der Waals surface area contributed by atoms with E-state index in [-0.39, 0.29) is 0 Å². The van der Waals surface area contributed by atoms with Gasteiger partial charge in [-0.1, -0.05) is 12.1 Å². The summed E-state index contributed by atoms with van der Waals surface area (Å²) < 4.78 is 29.5. The van der Waals surface area contributed by atoms with Crippen molar-refractivity contribution < 1.29 is 23.5 Å². The maximum absolute atomic E-state index is 6.39. The fraction of sp³-hybridized carbons (Fsp3) is 0.375. The highest BCUT2D eigenvalue weighted by atomic mass is 16.7. The Kier molecular flexibility index (Phi) is 7.61. The van der Waals surface area contributed by atoms with E-state index < -0.39 is 18.3 Å². The minimum atomic E-state index is -0.469. The molecule has 1 aliphatic rings. The first kappa shape index (κ1) is 28.7. The maximum Gasteiger partial charge on any atom is 0.495 e. The maximum atomic E-state index is 6.39. The first-order chi connectivity index (χ1) is 19.5. The summed E-state index contributed by atoms with van der Waals surface area (Å²) in [6.07, 6.45) is 0. The van der Waals surface area contributed by atoms with E-state index in [9.17, 15) is 0 Å². The SMILES string of the molecule is COc1ccc(CNc2nnc(C)c3cc(-c4cc(B5OC(C)(C)C(C)(C)O5)c(C)cc4OC)ccc23)c(OC)c1. The van der Waals surface area contributed by atoms with Gasteiger partial charge in [0.05, 0.1) is 38.2 Å². The van der Waals surface area contributed by atoms with Crippen LogP contribution in [0.1, 0.15) is 44.5 Å². The van der Waals surface area contributed by atoms with Crippen LogP contribution in [0.5, 0.6) is 17.2 Å². The fourth-order valence-corrected chi connectivity index (χ4v) is 5.07. The van der Waals surface area contributed by atoms with Crippen molar-refractivity contribution in [2.45, 2.75) is 59.3 Å². The normalized spacial score (nSPS) is 15.7. The van der Waals surface area contributed by atoms with Crippen molar-refractivity contribution >= 4 is 29.2 Å². The first-order valence-corrected chi connectivity index (χ1v) is 13.7. The number of ether oxygens (including phenoxy) is 3. The molecular formula is C32H38BN3O5. The quantitative estimate of drug-likeness (QED) is 0.271. The zero-order chi connectivity index (χ0) is 29.5. The molecule has 1 fully saturated rings. The van der Waals surface area contributed by atoms with Crippen molar-refractivity contribution in [2.24, 2.45) is 0 Å². The van der Waals surface area contributed by atoms with Gasteiger partial charge in [0.25, 0.3) is 0 Å². The molecule has 0 unspecified atom stereocenters. The van der Waals surface area contributed by atoms with E-state index in [1.54, 1.807) is 21.3 Å². The van der Waals surface area contributed by atoms with Gasteiger partial charge in [0.15, 0.2) is 5.82 Å². The summed E-state index contributed by atoms with van der Waals surface area (Å²) in [6, 6.07) is 16.2. The summed E-state index contributed by atoms with van der Waals surface area (Å²) in [6.45, 7) is 12.8. The molecule has 0 atom stereocenters. The van der Waals surface area contributed by atoms with Crippen LogP contribution in [0.4, 0.5) is 5.82 Å². The number of nitrogens with one attached hydrogen (secondary N) is 1. The van der Waals surface area contributed by atoms with Gasteiger partial charge < -0.3 is 28.8 Å². The largest absolute Gasteiger partial charge is 0.497 e. The molecule has 1 N–H and O–H groups in total. The third kappa shape index (κ3) is 5.32. The van der Waals surface area contributed by atoms with E-state index in [4.69, 9.17) is 23.5 Å². The molecule has 214 valence electrons. The third-order valence-electron chi connectivity index (χ3n) is 8.31. The lowest BCUT2D eigenvalue weighted by Crippen LogP contribution is -2.41. The lowest BCUT2D eigenvalue weighted by Gasteiger charge is -2.32. The number of anilines is 1. The molecule has 0 bridgehead atoms. The summed E-state index contributed by atoms with van der Waals surface area (Å²) >= 11 is 0. The molecule has 41 heavy (non-hydrogen) atoms. The third-order valence-corrected chi connectivity index (χ3v) is 8.31. The average molecular weight is 555 g/mol. The molecule has 8 nitrogen and oxygen atoms in total. The zero-order valence-corrected chi connectivity index (χ0v) is 25.3. The van der Waals surface area contributed by atoms with Crippen LogP contribution in [0.15, 0.2) is 48.5 Å². The Labute approximate surface area is 242 Å². The molecular weight excluding hydrogens is 517 g/mol. The van der Waals surface area contributed by atoms with Gasteiger partial charge in [-0.3, -0.25) is 0 Å². The molecule has 1 saturated heterocycles.